The molecular formula is C19H23Cl2N5O2. The van der Waals surface area contributed by atoms with Gasteiger partial charge in [0.25, 0.3) is 0 Å². The van der Waals surface area contributed by atoms with Crippen molar-refractivity contribution in [2.45, 2.75) is 31.3 Å². The monoisotopic (exact) mass is 423 g/mol. The Bertz CT molecular complexity index is 882. The molecule has 1 fully saturated rings. The van der Waals surface area contributed by atoms with E-state index >= 15 is 0 Å². The van der Waals surface area contributed by atoms with Gasteiger partial charge < -0.3 is 20.3 Å². The molecule has 0 unspecified atom stereocenters. The van der Waals surface area contributed by atoms with Gasteiger partial charge in [0.05, 0.1) is 13.7 Å². The van der Waals surface area contributed by atoms with Gasteiger partial charge in [0, 0.05) is 35.3 Å². The third-order valence-corrected chi connectivity index (χ3v) is 4.67. The zero-order chi connectivity index (χ0) is 17.9. The number of rotatable bonds is 6. The Morgan fingerprint density at radius 2 is 1.89 bits per heavy atom. The molecule has 7 nitrogen and oxygen atoms in total. The van der Waals surface area contributed by atoms with Gasteiger partial charge in [0.2, 0.25) is 0 Å². The minimum absolute atomic E-state index is 0. The van der Waals surface area contributed by atoms with E-state index in [1.54, 1.807) is 13.4 Å². The Kier molecular flexibility index (Phi) is 7.62. The predicted molar refractivity (Wildman–Crippen MR) is 112 cm³/mol. The number of methoxy groups -OCH3 is 1. The van der Waals surface area contributed by atoms with Crippen molar-refractivity contribution in [1.82, 2.24) is 15.1 Å². The number of halogens is 2. The Morgan fingerprint density at radius 3 is 2.57 bits per heavy atom. The summed E-state index contributed by atoms with van der Waals surface area (Å²) in [6, 6.07) is 11.9. The topological polar surface area (TPSA) is 99.1 Å². The molecule has 0 atom stereocenters. The zero-order valence-corrected chi connectivity index (χ0v) is 17.0. The first-order valence-corrected chi connectivity index (χ1v) is 8.62. The predicted octanol–water partition coefficient (Wildman–Crippen LogP) is 3.80. The van der Waals surface area contributed by atoms with E-state index in [9.17, 15) is 0 Å². The number of anilines is 1. The first-order chi connectivity index (χ1) is 12.7. The molecule has 9 heteroatoms. The fourth-order valence-electron chi connectivity index (χ4n) is 3.06. The summed E-state index contributed by atoms with van der Waals surface area (Å²) in [7, 11) is 1.64. The van der Waals surface area contributed by atoms with E-state index in [4.69, 9.17) is 15.0 Å². The largest absolute Gasteiger partial charge is 0.497 e. The fraction of sp³-hybridized carbons (Fsp3) is 0.316. The highest BCUT2D eigenvalue weighted by atomic mass is 35.5. The highest BCUT2D eigenvalue weighted by Crippen LogP contribution is 2.34. The lowest BCUT2D eigenvalue weighted by atomic mass is 9.79. The number of nitrogens with zero attached hydrogens (tertiary/aromatic N) is 3. The lowest BCUT2D eigenvalue weighted by Gasteiger charge is -2.31. The number of hydrogen-bond donors (Lipinski definition) is 2. The number of nitrogens with two attached hydrogens (primary N) is 1. The van der Waals surface area contributed by atoms with Crippen LogP contribution >= 0.6 is 24.8 Å². The Hall–Kier alpha value is -2.35. The third-order valence-electron chi connectivity index (χ3n) is 4.67. The van der Waals surface area contributed by atoms with Crippen LogP contribution in [0.25, 0.3) is 11.3 Å². The van der Waals surface area contributed by atoms with E-state index in [2.05, 4.69) is 20.4 Å². The van der Waals surface area contributed by atoms with E-state index in [1.165, 1.54) is 0 Å². The number of hydrogen-bond acceptors (Lipinski definition) is 7. The van der Waals surface area contributed by atoms with Gasteiger partial charge in [-0.15, -0.1) is 24.8 Å². The van der Waals surface area contributed by atoms with Gasteiger partial charge in [0.1, 0.15) is 23.6 Å². The fourth-order valence-corrected chi connectivity index (χ4v) is 3.06. The van der Waals surface area contributed by atoms with Gasteiger partial charge in [-0.2, -0.15) is 0 Å². The second-order valence-corrected chi connectivity index (χ2v) is 6.52. The number of benzene rings is 1. The Balaban J connectivity index is 0.00000140. The van der Waals surface area contributed by atoms with Crippen molar-refractivity contribution in [3.63, 3.8) is 0 Å². The molecule has 0 saturated heterocycles. The average molecular weight is 424 g/mol. The minimum atomic E-state index is 0. The normalized spacial score (nSPS) is 17.6. The first-order valence-electron chi connectivity index (χ1n) is 8.62. The maximum atomic E-state index is 5.86. The van der Waals surface area contributed by atoms with Crippen molar-refractivity contribution in [3.05, 3.63) is 54.1 Å². The van der Waals surface area contributed by atoms with Crippen molar-refractivity contribution in [3.8, 4) is 17.1 Å². The molecule has 0 radical (unpaired) electrons. The van der Waals surface area contributed by atoms with Crippen molar-refractivity contribution >= 4 is 30.6 Å². The molecule has 3 aromatic rings. The van der Waals surface area contributed by atoms with Crippen LogP contribution in [-0.4, -0.2) is 28.3 Å². The molecule has 0 bridgehead atoms. The molecule has 2 aromatic heterocycles. The third kappa shape index (κ3) is 4.92. The van der Waals surface area contributed by atoms with Gasteiger partial charge in [-0.1, -0.05) is 5.16 Å². The summed E-state index contributed by atoms with van der Waals surface area (Å²) in [5.74, 6) is 2.75. The minimum Gasteiger partial charge on any atom is -0.497 e. The maximum absolute atomic E-state index is 5.86. The number of nitrogens with one attached hydrogen (secondary N) is 1. The van der Waals surface area contributed by atoms with Gasteiger partial charge >= 0.3 is 0 Å². The van der Waals surface area contributed by atoms with E-state index in [0.29, 0.717) is 18.5 Å². The van der Waals surface area contributed by atoms with Gasteiger partial charge in [-0.25, -0.2) is 9.97 Å². The van der Waals surface area contributed by atoms with Crippen molar-refractivity contribution in [2.24, 2.45) is 5.73 Å². The number of ether oxygens (including phenoxy) is 1. The molecule has 2 heterocycles. The standard InChI is InChI=1S/C19H21N5O2.2ClH/c1-25-16-4-2-12(3-5-16)18-8-15(24-26-18)10-21-19-9-17(22-11-23-19)13-6-14(20)7-13;;/h2-5,8-9,11,13-14H,6-7,10,20H2,1H3,(H,21,22,23);2*1H. The summed E-state index contributed by atoms with van der Waals surface area (Å²) in [5.41, 5.74) is 8.67. The van der Waals surface area contributed by atoms with E-state index in [0.717, 1.165) is 47.1 Å². The molecule has 3 N–H and O–H groups in total. The molecule has 1 saturated carbocycles. The van der Waals surface area contributed by atoms with Gasteiger partial charge in [-0.3, -0.25) is 0 Å². The summed E-state index contributed by atoms with van der Waals surface area (Å²) in [5, 5.41) is 7.39. The molecule has 4 rings (SSSR count). The SMILES string of the molecule is COc1ccc(-c2cc(CNc3cc(C4CC(N)C4)ncn3)no2)cc1.Cl.Cl. The molecule has 1 aromatic carbocycles. The second-order valence-electron chi connectivity index (χ2n) is 6.52. The molecule has 0 aliphatic heterocycles. The number of aromatic nitrogens is 3. The van der Waals surface area contributed by atoms with Crippen molar-refractivity contribution < 1.29 is 9.26 Å². The summed E-state index contributed by atoms with van der Waals surface area (Å²) in [6.07, 6.45) is 3.57. The molecule has 0 amide bonds. The lowest BCUT2D eigenvalue weighted by Crippen LogP contribution is -2.35. The maximum Gasteiger partial charge on any atom is 0.167 e. The van der Waals surface area contributed by atoms with Crippen LogP contribution in [0.1, 0.15) is 30.1 Å². The zero-order valence-electron chi connectivity index (χ0n) is 15.4. The smallest absolute Gasteiger partial charge is 0.167 e. The lowest BCUT2D eigenvalue weighted by molar-refractivity contribution is 0.345. The molecule has 1 aliphatic rings. The van der Waals surface area contributed by atoms with Crippen LogP contribution in [0.4, 0.5) is 5.82 Å². The van der Waals surface area contributed by atoms with Crippen molar-refractivity contribution in [2.75, 3.05) is 12.4 Å². The van der Waals surface area contributed by atoms with Gasteiger partial charge in [0.15, 0.2) is 5.76 Å². The highest BCUT2D eigenvalue weighted by Gasteiger charge is 2.28. The molecular weight excluding hydrogens is 401 g/mol. The quantitative estimate of drug-likeness (QED) is 0.621. The van der Waals surface area contributed by atoms with Gasteiger partial charge in [-0.05, 0) is 37.1 Å². The Morgan fingerprint density at radius 1 is 1.14 bits per heavy atom. The Labute approximate surface area is 175 Å². The van der Waals surface area contributed by atoms with E-state index < -0.39 is 0 Å². The molecule has 0 spiro atoms. The van der Waals surface area contributed by atoms with Crippen LogP contribution in [0.3, 0.4) is 0 Å². The van der Waals surface area contributed by atoms with Crippen LogP contribution in [0.5, 0.6) is 5.75 Å². The van der Waals surface area contributed by atoms with Crippen LogP contribution in [0.2, 0.25) is 0 Å². The molecule has 28 heavy (non-hydrogen) atoms. The van der Waals surface area contributed by atoms with E-state index in [1.807, 2.05) is 36.4 Å². The second kappa shape index (κ2) is 9.73. The van der Waals surface area contributed by atoms with Crippen LogP contribution < -0.4 is 15.8 Å². The summed E-state index contributed by atoms with van der Waals surface area (Å²) in [4.78, 5) is 8.63. The van der Waals surface area contributed by atoms with Crippen LogP contribution in [0.15, 0.2) is 47.2 Å². The van der Waals surface area contributed by atoms with Crippen LogP contribution in [-0.2, 0) is 6.54 Å². The summed E-state index contributed by atoms with van der Waals surface area (Å²) >= 11 is 0. The van der Waals surface area contributed by atoms with E-state index in [-0.39, 0.29) is 24.8 Å². The average Bonchev–Trinajstić information content (AvgIpc) is 3.13. The first kappa shape index (κ1) is 21.9. The van der Waals surface area contributed by atoms with Crippen molar-refractivity contribution in [1.29, 1.82) is 0 Å². The highest BCUT2D eigenvalue weighted by molar-refractivity contribution is 5.85. The molecule has 1 aliphatic carbocycles. The molecule has 150 valence electrons. The van der Waals surface area contributed by atoms with Crippen LogP contribution in [0, 0.1) is 0 Å². The summed E-state index contributed by atoms with van der Waals surface area (Å²) < 4.78 is 10.6. The summed E-state index contributed by atoms with van der Waals surface area (Å²) in [6.45, 7) is 0.528.